The van der Waals surface area contributed by atoms with Gasteiger partial charge in [0.15, 0.2) is 17.3 Å². The molecule has 1 fully saturated rings. The quantitative estimate of drug-likeness (QED) is 0.624. The Morgan fingerprint density at radius 2 is 1.85 bits per heavy atom. The Labute approximate surface area is 155 Å². The van der Waals surface area contributed by atoms with Crippen LogP contribution in [0.3, 0.4) is 0 Å². The third-order valence-electron chi connectivity index (χ3n) is 5.84. The fraction of sp³-hybridized carbons (Fsp3) is 0.250. The maximum atomic E-state index is 13.3. The van der Waals surface area contributed by atoms with Gasteiger partial charge in [-0.1, -0.05) is 54.6 Å². The van der Waals surface area contributed by atoms with Gasteiger partial charge in [-0.25, -0.2) is 0 Å². The van der Waals surface area contributed by atoms with Crippen LogP contribution in [0.15, 0.2) is 66.1 Å². The second-order valence-electron chi connectivity index (χ2n) is 7.07. The number of benzene rings is 2. The molecule has 7 nitrogen and oxygen atoms in total. The number of carbonyl (C=O) groups excluding carboxylic acids is 1. The predicted molar refractivity (Wildman–Crippen MR) is 96.1 cm³/mol. The average molecular weight is 363 g/mol. The Kier molecular flexibility index (Phi) is 3.21. The van der Waals surface area contributed by atoms with Gasteiger partial charge in [-0.15, -0.1) is 0 Å². The van der Waals surface area contributed by atoms with Crippen molar-refractivity contribution in [1.82, 2.24) is 10.2 Å². The number of hydrogen-bond donors (Lipinski definition) is 2. The van der Waals surface area contributed by atoms with Crippen LogP contribution in [0, 0.1) is 16.0 Å². The van der Waals surface area contributed by atoms with Gasteiger partial charge in [0.1, 0.15) is 0 Å². The number of ketones is 1. The molecular formula is C20H17N3O4. The minimum atomic E-state index is -1.60. The van der Waals surface area contributed by atoms with E-state index in [1.165, 1.54) is 0 Å². The van der Waals surface area contributed by atoms with E-state index in [-0.39, 0.29) is 11.5 Å². The van der Waals surface area contributed by atoms with Crippen molar-refractivity contribution in [1.29, 1.82) is 0 Å². The summed E-state index contributed by atoms with van der Waals surface area (Å²) in [5, 5.41) is 27.0. The van der Waals surface area contributed by atoms with Crippen molar-refractivity contribution in [2.45, 2.75) is 11.6 Å². The second kappa shape index (κ2) is 5.40. The Morgan fingerprint density at radius 3 is 2.59 bits per heavy atom. The Balaban J connectivity index is 1.84. The summed E-state index contributed by atoms with van der Waals surface area (Å²) in [7, 11) is 0. The van der Waals surface area contributed by atoms with Crippen molar-refractivity contribution in [3.63, 3.8) is 0 Å². The standard InChI is InChI=1S/C20H17N3O4/c24-18-13-8-4-5-9-14(13)20(25)16(18)15(12-6-2-1-3-7-12)17(23(26)27)19-21-10-11-22(19)20/h1-9,15-16,21,25H,10-11H2/t15-,16+,20+/m1/s1. The van der Waals surface area contributed by atoms with Crippen LogP contribution in [-0.4, -0.2) is 33.8 Å². The predicted octanol–water partition coefficient (Wildman–Crippen LogP) is 1.79. The third-order valence-corrected chi connectivity index (χ3v) is 5.84. The molecule has 0 aromatic heterocycles. The number of rotatable bonds is 2. The third kappa shape index (κ3) is 1.92. The second-order valence-corrected chi connectivity index (χ2v) is 7.07. The van der Waals surface area contributed by atoms with Gasteiger partial charge in [0.05, 0.1) is 16.8 Å². The number of carbonyl (C=O) groups is 1. The number of aliphatic hydroxyl groups is 1. The minimum absolute atomic E-state index is 0.0606. The number of nitrogens with one attached hydrogen (secondary N) is 1. The monoisotopic (exact) mass is 363 g/mol. The highest BCUT2D eigenvalue weighted by atomic mass is 16.6. The van der Waals surface area contributed by atoms with Crippen LogP contribution in [0.5, 0.6) is 0 Å². The van der Waals surface area contributed by atoms with E-state index in [1.54, 1.807) is 53.4 Å². The molecule has 0 amide bonds. The lowest BCUT2D eigenvalue weighted by Crippen LogP contribution is -2.55. The first kappa shape index (κ1) is 16.0. The van der Waals surface area contributed by atoms with Crippen LogP contribution in [0.2, 0.25) is 0 Å². The van der Waals surface area contributed by atoms with Gasteiger partial charge in [0, 0.05) is 24.2 Å². The summed E-state index contributed by atoms with van der Waals surface area (Å²) in [6.45, 7) is 0.863. The largest absolute Gasteiger partial charge is 0.366 e. The molecule has 0 spiro atoms. The molecule has 3 atom stereocenters. The summed E-state index contributed by atoms with van der Waals surface area (Å²) in [5.41, 5.74) is -0.0672. The van der Waals surface area contributed by atoms with Crippen LogP contribution in [0.4, 0.5) is 0 Å². The van der Waals surface area contributed by atoms with Gasteiger partial charge >= 0.3 is 0 Å². The maximum absolute atomic E-state index is 13.3. The highest BCUT2D eigenvalue weighted by molar-refractivity contribution is 6.04. The molecule has 2 heterocycles. The van der Waals surface area contributed by atoms with E-state index in [1.807, 2.05) is 6.07 Å². The Morgan fingerprint density at radius 1 is 1.15 bits per heavy atom. The number of hydrogen-bond acceptors (Lipinski definition) is 6. The van der Waals surface area contributed by atoms with Gasteiger partial charge in [-0.05, 0) is 5.56 Å². The average Bonchev–Trinajstić information content (AvgIpc) is 3.25. The SMILES string of the molecule is O=C1c2ccccc2[C@]2(O)[C@H]1[C@@H](c1ccccc1)C([N+](=O)[O-])=C1NCCN12. The van der Waals surface area contributed by atoms with E-state index >= 15 is 0 Å². The molecule has 27 heavy (non-hydrogen) atoms. The molecule has 2 aliphatic heterocycles. The van der Waals surface area contributed by atoms with E-state index in [4.69, 9.17) is 0 Å². The van der Waals surface area contributed by atoms with Crippen LogP contribution in [0.1, 0.15) is 27.4 Å². The van der Waals surface area contributed by atoms with E-state index in [0.29, 0.717) is 35.6 Å². The van der Waals surface area contributed by atoms with Crippen LogP contribution >= 0.6 is 0 Å². The normalized spacial score (nSPS) is 28.5. The van der Waals surface area contributed by atoms with E-state index < -0.39 is 22.5 Å². The number of fused-ring (bicyclic) bond motifs is 5. The van der Waals surface area contributed by atoms with Gasteiger partial charge in [0.25, 0.3) is 5.70 Å². The first-order valence-electron chi connectivity index (χ1n) is 8.86. The van der Waals surface area contributed by atoms with Gasteiger partial charge in [-0.2, -0.15) is 0 Å². The van der Waals surface area contributed by atoms with Crippen LogP contribution in [0.25, 0.3) is 0 Å². The van der Waals surface area contributed by atoms with Crippen molar-refractivity contribution < 1.29 is 14.8 Å². The molecule has 1 saturated heterocycles. The van der Waals surface area contributed by atoms with E-state index in [0.717, 1.165) is 0 Å². The highest BCUT2D eigenvalue weighted by Crippen LogP contribution is 2.56. The summed E-state index contributed by atoms with van der Waals surface area (Å²) in [5.74, 6) is -1.77. The zero-order chi connectivity index (χ0) is 18.8. The molecule has 0 radical (unpaired) electrons. The van der Waals surface area contributed by atoms with Crippen molar-refractivity contribution in [2.75, 3.05) is 13.1 Å². The van der Waals surface area contributed by atoms with Gasteiger partial charge < -0.3 is 15.3 Å². The van der Waals surface area contributed by atoms with Crippen molar-refractivity contribution in [3.05, 3.63) is 92.9 Å². The number of nitro groups is 1. The molecule has 2 aromatic carbocycles. The first-order valence-corrected chi connectivity index (χ1v) is 8.86. The lowest BCUT2D eigenvalue weighted by molar-refractivity contribution is -0.438. The molecule has 136 valence electrons. The minimum Gasteiger partial charge on any atom is -0.366 e. The fourth-order valence-corrected chi connectivity index (χ4v) is 4.81. The lowest BCUT2D eigenvalue weighted by atomic mass is 9.74. The summed E-state index contributed by atoms with van der Waals surface area (Å²) >= 11 is 0. The molecule has 5 rings (SSSR count). The number of Topliss-reactive ketones (excluding diaryl/α,β-unsaturated/α-hetero) is 1. The zero-order valence-corrected chi connectivity index (χ0v) is 14.3. The maximum Gasteiger partial charge on any atom is 0.294 e. The molecule has 7 heteroatoms. The number of nitrogens with zero attached hydrogens (tertiary/aromatic N) is 2. The molecule has 3 aliphatic rings. The molecule has 0 saturated carbocycles. The molecular weight excluding hydrogens is 346 g/mol. The van der Waals surface area contributed by atoms with Gasteiger partial charge in [0.2, 0.25) is 0 Å². The summed E-state index contributed by atoms with van der Waals surface area (Å²) in [6.07, 6.45) is 0. The Bertz CT molecular complexity index is 1000. The molecule has 2 aromatic rings. The number of allylic oxidation sites excluding steroid dienone is 1. The topological polar surface area (TPSA) is 95.7 Å². The Hall–Kier alpha value is -3.19. The summed E-state index contributed by atoms with van der Waals surface area (Å²) in [6, 6.07) is 15.9. The van der Waals surface area contributed by atoms with E-state index in [2.05, 4.69) is 5.32 Å². The molecule has 1 aliphatic carbocycles. The summed E-state index contributed by atoms with van der Waals surface area (Å²) in [4.78, 5) is 26.5. The molecule has 0 unspecified atom stereocenters. The van der Waals surface area contributed by atoms with Crippen molar-refractivity contribution in [2.24, 2.45) is 5.92 Å². The van der Waals surface area contributed by atoms with Crippen LogP contribution < -0.4 is 5.32 Å². The van der Waals surface area contributed by atoms with Crippen LogP contribution in [-0.2, 0) is 5.72 Å². The highest BCUT2D eigenvalue weighted by Gasteiger charge is 2.65. The lowest BCUT2D eigenvalue weighted by Gasteiger charge is -2.45. The smallest absolute Gasteiger partial charge is 0.294 e. The molecule has 2 N–H and O–H groups in total. The first-order chi connectivity index (χ1) is 13.0. The van der Waals surface area contributed by atoms with E-state index in [9.17, 15) is 20.0 Å². The van der Waals surface area contributed by atoms with Gasteiger partial charge in [-0.3, -0.25) is 14.9 Å². The zero-order valence-electron chi connectivity index (χ0n) is 14.3. The van der Waals surface area contributed by atoms with Crippen molar-refractivity contribution >= 4 is 5.78 Å². The van der Waals surface area contributed by atoms with Crippen molar-refractivity contribution in [3.8, 4) is 0 Å². The fourth-order valence-electron chi connectivity index (χ4n) is 4.81. The molecule has 0 bridgehead atoms. The summed E-state index contributed by atoms with van der Waals surface area (Å²) < 4.78 is 0.